The Morgan fingerprint density at radius 1 is 0.880 bits per heavy atom. The molecule has 0 saturated heterocycles. The van der Waals surface area contributed by atoms with Crippen LogP contribution in [0.5, 0.6) is 11.5 Å². The molecule has 0 radical (unpaired) electrons. The molecular formula is C19H24O6. The zero-order valence-electron chi connectivity index (χ0n) is 14.8. The van der Waals surface area contributed by atoms with Crippen molar-refractivity contribution in [3.8, 4) is 11.5 Å². The van der Waals surface area contributed by atoms with Crippen LogP contribution < -0.4 is 11.3 Å². The molecule has 0 aliphatic carbocycles. The van der Waals surface area contributed by atoms with Gasteiger partial charge in [0.05, 0.1) is 11.1 Å². The predicted molar refractivity (Wildman–Crippen MR) is 93.4 cm³/mol. The molecule has 0 amide bonds. The van der Waals surface area contributed by atoms with Gasteiger partial charge in [-0.05, 0) is 20.3 Å². The second-order valence-electron chi connectivity index (χ2n) is 6.29. The number of hydrogen-bond acceptors (Lipinski definition) is 6. The van der Waals surface area contributed by atoms with E-state index in [4.69, 9.17) is 8.83 Å². The Labute approximate surface area is 145 Å². The predicted octanol–water partition coefficient (Wildman–Crippen LogP) is 3.72. The zero-order valence-corrected chi connectivity index (χ0v) is 14.8. The van der Waals surface area contributed by atoms with Crippen molar-refractivity contribution in [2.75, 3.05) is 0 Å². The molecule has 0 atom stereocenters. The minimum Gasteiger partial charge on any atom is -0.507 e. The van der Waals surface area contributed by atoms with Gasteiger partial charge in [0.1, 0.15) is 23.0 Å². The molecular weight excluding hydrogens is 324 g/mol. The lowest BCUT2D eigenvalue weighted by Crippen LogP contribution is -2.20. The maximum atomic E-state index is 12.3. The monoisotopic (exact) mass is 348 g/mol. The Kier molecular flexibility index (Phi) is 6.07. The lowest BCUT2D eigenvalue weighted by atomic mass is 9.87. The van der Waals surface area contributed by atoms with E-state index < -0.39 is 17.2 Å². The van der Waals surface area contributed by atoms with Gasteiger partial charge >= 0.3 is 11.3 Å². The maximum absolute atomic E-state index is 12.3. The highest BCUT2D eigenvalue weighted by molar-refractivity contribution is 5.43. The zero-order chi connectivity index (χ0) is 18.6. The average molecular weight is 348 g/mol. The summed E-state index contributed by atoms with van der Waals surface area (Å²) < 4.78 is 10.2. The minimum atomic E-state index is -0.787. The van der Waals surface area contributed by atoms with Crippen molar-refractivity contribution in [3.05, 3.63) is 55.6 Å². The van der Waals surface area contributed by atoms with Crippen molar-refractivity contribution in [1.29, 1.82) is 0 Å². The van der Waals surface area contributed by atoms with E-state index in [-0.39, 0.29) is 34.1 Å². The molecule has 6 nitrogen and oxygen atoms in total. The van der Waals surface area contributed by atoms with E-state index in [2.05, 4.69) is 6.92 Å². The van der Waals surface area contributed by atoms with Crippen molar-refractivity contribution in [1.82, 2.24) is 0 Å². The highest BCUT2D eigenvalue weighted by atomic mass is 16.4. The van der Waals surface area contributed by atoms with Gasteiger partial charge in [0, 0.05) is 18.1 Å². The minimum absolute atomic E-state index is 0.0199. The van der Waals surface area contributed by atoms with Gasteiger partial charge in [-0.25, -0.2) is 9.59 Å². The quantitative estimate of drug-likeness (QED) is 0.740. The van der Waals surface area contributed by atoms with E-state index in [0.29, 0.717) is 6.42 Å². The van der Waals surface area contributed by atoms with Gasteiger partial charge in [-0.1, -0.05) is 32.6 Å². The molecule has 136 valence electrons. The fourth-order valence-electron chi connectivity index (χ4n) is 3.06. The van der Waals surface area contributed by atoms with Gasteiger partial charge in [-0.2, -0.15) is 0 Å². The highest BCUT2D eigenvalue weighted by Crippen LogP contribution is 2.36. The number of unbranched alkanes of at least 4 members (excludes halogenated alkanes) is 3. The van der Waals surface area contributed by atoms with Crippen LogP contribution in [-0.2, 0) is 0 Å². The molecule has 0 fully saturated rings. The standard InChI is InChI=1S/C19H24O6/c1-4-5-6-7-8-13(16-14(20)9-11(2)24-18(16)22)17-15(21)10-12(3)25-19(17)23/h9-10,13,20-21H,4-8H2,1-3H3. The first-order valence-electron chi connectivity index (χ1n) is 8.52. The summed E-state index contributed by atoms with van der Waals surface area (Å²) in [6.07, 6.45) is 4.14. The van der Waals surface area contributed by atoms with Crippen LogP contribution in [0.15, 0.2) is 30.6 Å². The fourth-order valence-corrected chi connectivity index (χ4v) is 3.06. The summed E-state index contributed by atoms with van der Waals surface area (Å²) in [6, 6.07) is 2.67. The Morgan fingerprint density at radius 3 is 1.76 bits per heavy atom. The van der Waals surface area contributed by atoms with Crippen LogP contribution in [0.25, 0.3) is 0 Å². The van der Waals surface area contributed by atoms with Gasteiger partial charge in [-0.15, -0.1) is 0 Å². The van der Waals surface area contributed by atoms with Crippen LogP contribution in [0.3, 0.4) is 0 Å². The van der Waals surface area contributed by atoms with Crippen molar-refractivity contribution in [2.45, 2.75) is 58.8 Å². The van der Waals surface area contributed by atoms with E-state index in [1.165, 1.54) is 12.1 Å². The number of hydrogen-bond donors (Lipinski definition) is 2. The molecule has 0 saturated carbocycles. The summed E-state index contributed by atoms with van der Waals surface area (Å²) in [5.74, 6) is -0.722. The average Bonchev–Trinajstić information content (AvgIpc) is 2.48. The molecule has 25 heavy (non-hydrogen) atoms. The SMILES string of the molecule is CCCCCCC(c1c(O)cc(C)oc1=O)c1c(O)cc(C)oc1=O. The summed E-state index contributed by atoms with van der Waals surface area (Å²) in [6.45, 7) is 5.19. The van der Waals surface area contributed by atoms with Gasteiger partial charge in [0.15, 0.2) is 0 Å². The van der Waals surface area contributed by atoms with E-state index in [9.17, 15) is 19.8 Å². The Bertz CT molecular complexity index is 780. The third kappa shape index (κ3) is 4.32. The summed E-state index contributed by atoms with van der Waals surface area (Å²) in [5, 5.41) is 20.5. The van der Waals surface area contributed by atoms with Gasteiger partial charge in [0.2, 0.25) is 0 Å². The van der Waals surface area contributed by atoms with Crippen LogP contribution >= 0.6 is 0 Å². The van der Waals surface area contributed by atoms with E-state index in [1.807, 2.05) is 0 Å². The lowest BCUT2D eigenvalue weighted by molar-refractivity contribution is 0.394. The first-order valence-corrected chi connectivity index (χ1v) is 8.52. The third-order valence-electron chi connectivity index (χ3n) is 4.22. The smallest absolute Gasteiger partial charge is 0.343 e. The second-order valence-corrected chi connectivity index (χ2v) is 6.29. The molecule has 0 unspecified atom stereocenters. The molecule has 0 spiro atoms. The molecule has 0 aromatic carbocycles. The Balaban J connectivity index is 2.56. The van der Waals surface area contributed by atoms with Gasteiger partial charge < -0.3 is 19.0 Å². The molecule has 6 heteroatoms. The molecule has 0 aliphatic rings. The van der Waals surface area contributed by atoms with E-state index in [1.54, 1.807) is 13.8 Å². The topological polar surface area (TPSA) is 101 Å². The third-order valence-corrected chi connectivity index (χ3v) is 4.22. The lowest BCUT2D eigenvalue weighted by Gasteiger charge is -2.18. The van der Waals surface area contributed by atoms with Crippen molar-refractivity contribution < 1.29 is 19.0 Å². The van der Waals surface area contributed by atoms with E-state index in [0.717, 1.165) is 25.7 Å². The summed E-state index contributed by atoms with van der Waals surface area (Å²) in [4.78, 5) is 24.6. The van der Waals surface area contributed by atoms with Crippen molar-refractivity contribution in [3.63, 3.8) is 0 Å². The highest BCUT2D eigenvalue weighted by Gasteiger charge is 2.28. The maximum Gasteiger partial charge on any atom is 0.343 e. The largest absolute Gasteiger partial charge is 0.507 e. The Morgan fingerprint density at radius 2 is 1.36 bits per heavy atom. The number of aromatic hydroxyl groups is 2. The molecule has 0 aliphatic heterocycles. The summed E-state index contributed by atoms with van der Waals surface area (Å²) >= 11 is 0. The molecule has 2 N–H and O–H groups in total. The molecule has 2 aromatic rings. The van der Waals surface area contributed by atoms with Crippen LogP contribution in [0.4, 0.5) is 0 Å². The van der Waals surface area contributed by atoms with Crippen LogP contribution in [0, 0.1) is 13.8 Å². The molecule has 2 rings (SSSR count). The fraction of sp³-hybridized carbons (Fsp3) is 0.474. The van der Waals surface area contributed by atoms with Crippen molar-refractivity contribution in [2.24, 2.45) is 0 Å². The first-order chi connectivity index (χ1) is 11.8. The van der Waals surface area contributed by atoms with Crippen LogP contribution in [-0.4, -0.2) is 10.2 Å². The van der Waals surface area contributed by atoms with Crippen LogP contribution in [0.1, 0.15) is 67.6 Å². The summed E-state index contributed by atoms with van der Waals surface area (Å²) in [7, 11) is 0. The molecule has 2 heterocycles. The van der Waals surface area contributed by atoms with Gasteiger partial charge in [0.25, 0.3) is 0 Å². The second kappa shape index (κ2) is 8.05. The normalized spacial score (nSPS) is 11.2. The molecule has 0 bridgehead atoms. The molecule has 2 aromatic heterocycles. The Hall–Kier alpha value is -2.50. The summed E-state index contributed by atoms with van der Waals surface area (Å²) in [5.41, 5.74) is -1.46. The van der Waals surface area contributed by atoms with E-state index >= 15 is 0 Å². The van der Waals surface area contributed by atoms with Crippen LogP contribution in [0.2, 0.25) is 0 Å². The number of aryl methyl sites for hydroxylation is 2. The number of rotatable bonds is 7. The van der Waals surface area contributed by atoms with Gasteiger partial charge in [-0.3, -0.25) is 0 Å². The first kappa shape index (κ1) is 18.8. The van der Waals surface area contributed by atoms with Crippen molar-refractivity contribution >= 4 is 0 Å².